The number of guanidine groups is 1. The van der Waals surface area contributed by atoms with E-state index in [1.165, 1.54) is 0 Å². The van der Waals surface area contributed by atoms with Crippen LogP contribution in [0.25, 0.3) is 0 Å². The van der Waals surface area contributed by atoms with Gasteiger partial charge in [-0.15, -0.1) is 24.0 Å². The lowest BCUT2D eigenvalue weighted by Gasteiger charge is -2.20. The number of rotatable bonds is 6. The molecule has 2 N–H and O–H groups in total. The first-order valence-corrected chi connectivity index (χ1v) is 9.03. The van der Waals surface area contributed by atoms with Gasteiger partial charge in [-0.05, 0) is 30.4 Å². The van der Waals surface area contributed by atoms with Gasteiger partial charge in [0.2, 0.25) is 0 Å². The third-order valence-corrected chi connectivity index (χ3v) is 4.08. The minimum absolute atomic E-state index is 0. The monoisotopic (exact) mass is 471 g/mol. The third kappa shape index (κ3) is 6.46. The highest BCUT2D eigenvalue weighted by atomic mass is 127. The molecular weight excluding hydrogens is 449 g/mol. The molecule has 23 heavy (non-hydrogen) atoms. The van der Waals surface area contributed by atoms with Gasteiger partial charge >= 0.3 is 0 Å². The average Bonchev–Trinajstić information content (AvgIpc) is 2.53. The minimum atomic E-state index is 0. The number of halogens is 2. The second-order valence-electron chi connectivity index (χ2n) is 4.77. The van der Waals surface area contributed by atoms with Crippen LogP contribution >= 0.6 is 47.3 Å². The Kier molecular flexibility index (Phi) is 9.89. The maximum atomic E-state index is 6.24. The zero-order chi connectivity index (χ0) is 15.8. The summed E-state index contributed by atoms with van der Waals surface area (Å²) in [5.74, 6) is 3.26. The predicted molar refractivity (Wildman–Crippen MR) is 109 cm³/mol. The first kappa shape index (κ1) is 20.5. The van der Waals surface area contributed by atoms with Crippen molar-refractivity contribution < 1.29 is 9.47 Å². The summed E-state index contributed by atoms with van der Waals surface area (Å²) < 4.78 is 11.1. The van der Waals surface area contributed by atoms with Gasteiger partial charge < -0.3 is 20.1 Å². The molecule has 0 bridgehead atoms. The van der Waals surface area contributed by atoms with E-state index in [0.29, 0.717) is 24.0 Å². The van der Waals surface area contributed by atoms with Gasteiger partial charge in [0.25, 0.3) is 0 Å². The van der Waals surface area contributed by atoms with E-state index in [4.69, 9.17) is 21.1 Å². The van der Waals surface area contributed by atoms with Crippen LogP contribution in [-0.2, 0) is 6.42 Å². The van der Waals surface area contributed by atoms with Crippen molar-refractivity contribution >= 4 is 53.3 Å². The molecule has 0 saturated carbocycles. The Bertz CT molecular complexity index is 532. The SMILES string of the molecule is CN=C(NCCSC)NCCc1cc(Cl)c2c(c1)OCCO2.I. The number of thioether (sulfide) groups is 1. The van der Waals surface area contributed by atoms with E-state index in [0.717, 1.165) is 42.5 Å². The van der Waals surface area contributed by atoms with Gasteiger partial charge in [0.05, 0.1) is 5.02 Å². The molecule has 0 spiro atoms. The molecule has 2 rings (SSSR count). The second kappa shape index (κ2) is 11.1. The standard InChI is InChI=1S/C15H22ClN3O2S.HI/c1-17-15(19-5-8-22-2)18-4-3-11-9-12(16)14-13(10-11)20-6-7-21-14;/h9-10H,3-8H2,1-2H3,(H2,17,18,19);1H. The van der Waals surface area contributed by atoms with Crippen molar-refractivity contribution in [1.82, 2.24) is 10.6 Å². The normalized spacial score (nSPS) is 13.3. The van der Waals surface area contributed by atoms with E-state index in [1.54, 1.807) is 18.8 Å². The molecule has 0 aromatic heterocycles. The molecule has 8 heteroatoms. The van der Waals surface area contributed by atoms with E-state index in [1.807, 2.05) is 12.1 Å². The molecule has 1 aromatic rings. The number of nitrogens with zero attached hydrogens (tertiary/aromatic N) is 1. The molecule has 130 valence electrons. The van der Waals surface area contributed by atoms with E-state index in [2.05, 4.69) is 21.9 Å². The summed E-state index contributed by atoms with van der Waals surface area (Å²) >= 11 is 8.04. The number of ether oxygens (including phenoxy) is 2. The zero-order valence-electron chi connectivity index (χ0n) is 13.4. The summed E-state index contributed by atoms with van der Waals surface area (Å²) in [6.45, 7) is 2.79. The van der Waals surface area contributed by atoms with E-state index >= 15 is 0 Å². The Hall–Kier alpha value is -0.540. The summed E-state index contributed by atoms with van der Waals surface area (Å²) in [5.41, 5.74) is 1.11. The summed E-state index contributed by atoms with van der Waals surface area (Å²) in [5, 5.41) is 7.16. The van der Waals surface area contributed by atoms with E-state index in [-0.39, 0.29) is 24.0 Å². The molecule has 5 nitrogen and oxygen atoms in total. The Morgan fingerprint density at radius 1 is 1.26 bits per heavy atom. The first-order chi connectivity index (χ1) is 10.7. The van der Waals surface area contributed by atoms with Crippen LogP contribution in [-0.4, -0.2) is 51.3 Å². The van der Waals surface area contributed by atoms with Crippen molar-refractivity contribution in [2.75, 3.05) is 45.4 Å². The summed E-state index contributed by atoms with van der Waals surface area (Å²) in [7, 11) is 1.77. The number of hydrogen-bond donors (Lipinski definition) is 2. The van der Waals surface area contributed by atoms with E-state index < -0.39 is 0 Å². The second-order valence-corrected chi connectivity index (χ2v) is 6.16. The van der Waals surface area contributed by atoms with Crippen LogP contribution in [0.4, 0.5) is 0 Å². The van der Waals surface area contributed by atoms with E-state index in [9.17, 15) is 0 Å². The van der Waals surface area contributed by atoms with Gasteiger partial charge in [-0.2, -0.15) is 11.8 Å². The fourth-order valence-corrected chi connectivity index (χ4v) is 2.72. The Morgan fingerprint density at radius 2 is 2.00 bits per heavy atom. The largest absolute Gasteiger partial charge is 0.486 e. The van der Waals surface area contributed by atoms with Gasteiger partial charge in [-0.3, -0.25) is 4.99 Å². The van der Waals surface area contributed by atoms with Crippen LogP contribution in [0.3, 0.4) is 0 Å². The van der Waals surface area contributed by atoms with Crippen molar-refractivity contribution in [2.45, 2.75) is 6.42 Å². The van der Waals surface area contributed by atoms with Crippen LogP contribution in [0, 0.1) is 0 Å². The molecule has 0 atom stereocenters. The van der Waals surface area contributed by atoms with Gasteiger partial charge in [0.15, 0.2) is 17.5 Å². The summed E-state index contributed by atoms with van der Waals surface area (Å²) in [6, 6.07) is 3.92. The highest BCUT2D eigenvalue weighted by molar-refractivity contribution is 14.0. The summed E-state index contributed by atoms with van der Waals surface area (Å²) in [4.78, 5) is 4.19. The number of hydrogen-bond acceptors (Lipinski definition) is 4. The Morgan fingerprint density at radius 3 is 2.74 bits per heavy atom. The molecule has 0 amide bonds. The molecule has 0 unspecified atom stereocenters. The van der Waals surface area contributed by atoms with Gasteiger partial charge in [0, 0.05) is 25.9 Å². The molecule has 1 heterocycles. The minimum Gasteiger partial charge on any atom is -0.486 e. The molecule has 0 saturated heterocycles. The highest BCUT2D eigenvalue weighted by Crippen LogP contribution is 2.38. The lowest BCUT2D eigenvalue weighted by molar-refractivity contribution is 0.171. The lowest BCUT2D eigenvalue weighted by atomic mass is 10.1. The van der Waals surface area contributed by atoms with Gasteiger partial charge in [-0.1, -0.05) is 11.6 Å². The van der Waals surface area contributed by atoms with Crippen molar-refractivity contribution in [3.05, 3.63) is 22.7 Å². The molecule has 1 aliphatic heterocycles. The van der Waals surface area contributed by atoms with Crippen molar-refractivity contribution in [2.24, 2.45) is 4.99 Å². The molecule has 0 fully saturated rings. The van der Waals surface area contributed by atoms with Crippen LogP contribution in [0.2, 0.25) is 5.02 Å². The fraction of sp³-hybridized carbons (Fsp3) is 0.533. The first-order valence-electron chi connectivity index (χ1n) is 7.26. The highest BCUT2D eigenvalue weighted by Gasteiger charge is 2.16. The third-order valence-electron chi connectivity index (χ3n) is 3.18. The predicted octanol–water partition coefficient (Wildman–Crippen LogP) is 2.80. The maximum absolute atomic E-state index is 6.24. The quantitative estimate of drug-likeness (QED) is 0.289. The van der Waals surface area contributed by atoms with Crippen molar-refractivity contribution in [3.63, 3.8) is 0 Å². The maximum Gasteiger partial charge on any atom is 0.191 e. The number of nitrogens with one attached hydrogen (secondary N) is 2. The number of fused-ring (bicyclic) bond motifs is 1. The zero-order valence-corrected chi connectivity index (χ0v) is 17.3. The molecular formula is C15H23ClIN3O2S. The van der Waals surface area contributed by atoms with Crippen LogP contribution in [0.15, 0.2) is 17.1 Å². The molecule has 0 radical (unpaired) electrons. The fourth-order valence-electron chi connectivity index (χ4n) is 2.13. The number of aliphatic imine (C=N–C) groups is 1. The molecule has 1 aromatic carbocycles. The summed E-state index contributed by atoms with van der Waals surface area (Å²) in [6.07, 6.45) is 2.92. The number of benzene rings is 1. The molecule has 1 aliphatic rings. The van der Waals surface area contributed by atoms with Crippen molar-refractivity contribution in [1.29, 1.82) is 0 Å². The smallest absolute Gasteiger partial charge is 0.191 e. The van der Waals surface area contributed by atoms with Gasteiger partial charge in [-0.25, -0.2) is 0 Å². The lowest BCUT2D eigenvalue weighted by Crippen LogP contribution is -2.39. The Labute approximate surface area is 164 Å². The molecule has 0 aliphatic carbocycles. The van der Waals surface area contributed by atoms with Gasteiger partial charge in [0.1, 0.15) is 13.2 Å². The van der Waals surface area contributed by atoms with Crippen molar-refractivity contribution in [3.8, 4) is 11.5 Å². The average molecular weight is 472 g/mol. The van der Waals surface area contributed by atoms with Crippen LogP contribution < -0.4 is 20.1 Å². The van der Waals surface area contributed by atoms with Crippen LogP contribution in [0.5, 0.6) is 11.5 Å². The van der Waals surface area contributed by atoms with Crippen LogP contribution in [0.1, 0.15) is 5.56 Å². The topological polar surface area (TPSA) is 54.9 Å². The Balaban J connectivity index is 0.00000264.